The van der Waals surface area contributed by atoms with E-state index in [2.05, 4.69) is 23.2 Å². The van der Waals surface area contributed by atoms with Gasteiger partial charge in [-0.1, -0.05) is 42.5 Å². The van der Waals surface area contributed by atoms with Gasteiger partial charge in [-0.3, -0.25) is 4.90 Å². The fraction of sp³-hybridized carbons (Fsp3) is 0.261. The molecule has 0 fully saturated rings. The van der Waals surface area contributed by atoms with Crippen molar-refractivity contribution in [3.63, 3.8) is 0 Å². The van der Waals surface area contributed by atoms with E-state index in [1.165, 1.54) is 5.56 Å². The van der Waals surface area contributed by atoms with E-state index in [1.54, 1.807) is 12.0 Å². The number of rotatable bonds is 4. The fourth-order valence-corrected chi connectivity index (χ4v) is 3.80. The standard InChI is InChI=1S/C23H24N2O3/c1-3-28-23(26)25-14-13-18-19-15-17(27-2)10-11-20(19)24-22(18)21(25)12-9-16-7-5-4-6-8-16/h4-12,15,21,24H,3,13-14H2,1-2H3/b12-9+/t21-/m1/s1. The van der Waals surface area contributed by atoms with Crippen molar-refractivity contribution >= 4 is 23.1 Å². The minimum atomic E-state index is -0.285. The van der Waals surface area contributed by atoms with Gasteiger partial charge in [0.1, 0.15) is 5.75 Å². The van der Waals surface area contributed by atoms with E-state index in [4.69, 9.17) is 9.47 Å². The molecule has 3 aromatic rings. The van der Waals surface area contributed by atoms with Gasteiger partial charge in [-0.15, -0.1) is 0 Å². The van der Waals surface area contributed by atoms with Gasteiger partial charge in [0.2, 0.25) is 0 Å². The minimum Gasteiger partial charge on any atom is -0.497 e. The highest BCUT2D eigenvalue weighted by Gasteiger charge is 2.32. The quantitative estimate of drug-likeness (QED) is 0.701. The summed E-state index contributed by atoms with van der Waals surface area (Å²) >= 11 is 0. The second kappa shape index (κ2) is 7.80. The summed E-state index contributed by atoms with van der Waals surface area (Å²) in [5, 5.41) is 1.15. The lowest BCUT2D eigenvalue weighted by atomic mass is 9.96. The number of H-pyrrole nitrogens is 1. The van der Waals surface area contributed by atoms with Crippen molar-refractivity contribution in [2.75, 3.05) is 20.3 Å². The third kappa shape index (κ3) is 3.36. The summed E-state index contributed by atoms with van der Waals surface area (Å²) in [5.41, 5.74) is 4.41. The van der Waals surface area contributed by atoms with Crippen LogP contribution in [0.2, 0.25) is 0 Å². The lowest BCUT2D eigenvalue weighted by Gasteiger charge is -2.33. The van der Waals surface area contributed by atoms with E-state index in [-0.39, 0.29) is 12.1 Å². The Bertz CT molecular complexity index is 1010. The molecule has 2 heterocycles. The number of fused-ring (bicyclic) bond motifs is 3. The molecule has 5 heteroatoms. The predicted molar refractivity (Wildman–Crippen MR) is 110 cm³/mol. The molecule has 1 aliphatic heterocycles. The molecule has 0 aliphatic carbocycles. The normalized spacial score (nSPS) is 16.4. The Morgan fingerprint density at radius 2 is 2.07 bits per heavy atom. The molecule has 1 amide bonds. The van der Waals surface area contributed by atoms with Crippen LogP contribution >= 0.6 is 0 Å². The number of carbonyl (C=O) groups excluding carboxylic acids is 1. The zero-order valence-electron chi connectivity index (χ0n) is 16.1. The van der Waals surface area contributed by atoms with E-state index in [0.717, 1.165) is 34.3 Å². The van der Waals surface area contributed by atoms with Gasteiger partial charge in [0, 0.05) is 23.1 Å². The highest BCUT2D eigenvalue weighted by molar-refractivity contribution is 5.87. The van der Waals surface area contributed by atoms with Crippen LogP contribution in [-0.2, 0) is 11.2 Å². The Hall–Kier alpha value is -3.21. The highest BCUT2D eigenvalue weighted by atomic mass is 16.6. The number of ether oxygens (including phenoxy) is 2. The van der Waals surface area contributed by atoms with Crippen molar-refractivity contribution in [1.82, 2.24) is 9.88 Å². The number of nitrogens with one attached hydrogen (secondary N) is 1. The maximum atomic E-state index is 12.6. The number of hydrogen-bond acceptors (Lipinski definition) is 3. The summed E-state index contributed by atoms with van der Waals surface area (Å²) in [5.74, 6) is 0.832. The molecule has 1 N–H and O–H groups in total. The first-order valence-electron chi connectivity index (χ1n) is 9.56. The molecule has 4 rings (SSSR count). The molecule has 5 nitrogen and oxygen atoms in total. The van der Waals surface area contributed by atoms with Crippen LogP contribution in [0.15, 0.2) is 54.6 Å². The molecule has 28 heavy (non-hydrogen) atoms. The van der Waals surface area contributed by atoms with E-state index in [0.29, 0.717) is 13.2 Å². The van der Waals surface area contributed by atoms with Crippen molar-refractivity contribution in [2.24, 2.45) is 0 Å². The van der Waals surface area contributed by atoms with Crippen molar-refractivity contribution in [1.29, 1.82) is 0 Å². The molecular formula is C23H24N2O3. The Labute approximate surface area is 164 Å². The van der Waals surface area contributed by atoms with Gasteiger partial charge in [-0.05, 0) is 42.7 Å². The summed E-state index contributed by atoms with van der Waals surface area (Å²) in [7, 11) is 1.67. The Kier molecular flexibility index (Phi) is 5.06. The summed E-state index contributed by atoms with van der Waals surface area (Å²) < 4.78 is 10.7. The maximum Gasteiger partial charge on any atom is 0.410 e. The summed E-state index contributed by atoms with van der Waals surface area (Å²) in [6.07, 6.45) is 4.61. The SMILES string of the molecule is CCOC(=O)N1CCc2c([nH]c3ccc(OC)cc23)[C@H]1/C=C/c1ccccc1. The van der Waals surface area contributed by atoms with Crippen LogP contribution in [-0.4, -0.2) is 36.2 Å². The van der Waals surface area contributed by atoms with E-state index in [1.807, 2.05) is 49.4 Å². The first-order chi connectivity index (χ1) is 13.7. The van der Waals surface area contributed by atoms with Gasteiger partial charge in [-0.2, -0.15) is 0 Å². The number of benzene rings is 2. The third-order valence-electron chi connectivity index (χ3n) is 5.15. The monoisotopic (exact) mass is 376 g/mol. The molecule has 2 aromatic carbocycles. The molecule has 0 spiro atoms. The molecule has 1 aliphatic rings. The number of aromatic amines is 1. The van der Waals surface area contributed by atoms with E-state index >= 15 is 0 Å². The van der Waals surface area contributed by atoms with Gasteiger partial charge in [-0.25, -0.2) is 4.79 Å². The Morgan fingerprint density at radius 3 is 2.82 bits per heavy atom. The summed E-state index contributed by atoms with van der Waals surface area (Å²) in [6.45, 7) is 2.80. The van der Waals surface area contributed by atoms with Crippen LogP contribution in [0.1, 0.15) is 29.8 Å². The van der Waals surface area contributed by atoms with Crippen molar-refractivity contribution < 1.29 is 14.3 Å². The van der Waals surface area contributed by atoms with E-state index in [9.17, 15) is 4.79 Å². The summed E-state index contributed by atoms with van der Waals surface area (Å²) in [4.78, 5) is 17.9. The molecule has 144 valence electrons. The average molecular weight is 376 g/mol. The molecule has 0 unspecified atom stereocenters. The predicted octanol–water partition coefficient (Wildman–Crippen LogP) is 4.95. The first-order valence-corrected chi connectivity index (χ1v) is 9.56. The first kappa shape index (κ1) is 18.2. The van der Waals surface area contributed by atoms with Gasteiger partial charge in [0.15, 0.2) is 0 Å². The van der Waals surface area contributed by atoms with Gasteiger partial charge in [0.05, 0.1) is 19.8 Å². The van der Waals surface area contributed by atoms with Gasteiger partial charge in [0.25, 0.3) is 0 Å². The van der Waals surface area contributed by atoms with Crippen LogP contribution in [0.5, 0.6) is 5.75 Å². The number of carbonyl (C=O) groups is 1. The molecule has 0 radical (unpaired) electrons. The van der Waals surface area contributed by atoms with Crippen LogP contribution in [0.25, 0.3) is 17.0 Å². The van der Waals surface area contributed by atoms with Crippen molar-refractivity contribution in [3.05, 3.63) is 71.4 Å². The number of aromatic nitrogens is 1. The largest absolute Gasteiger partial charge is 0.497 e. The second-order valence-electron chi connectivity index (χ2n) is 6.79. The van der Waals surface area contributed by atoms with Gasteiger partial charge < -0.3 is 14.5 Å². The van der Waals surface area contributed by atoms with Crippen molar-refractivity contribution in [2.45, 2.75) is 19.4 Å². The number of hydrogen-bond donors (Lipinski definition) is 1. The molecule has 1 aromatic heterocycles. The fourth-order valence-electron chi connectivity index (χ4n) is 3.80. The number of amides is 1. The van der Waals surface area contributed by atoms with Crippen LogP contribution in [0, 0.1) is 0 Å². The number of methoxy groups -OCH3 is 1. The maximum absolute atomic E-state index is 12.6. The minimum absolute atomic E-state index is 0.207. The lowest BCUT2D eigenvalue weighted by Crippen LogP contribution is -2.39. The number of nitrogens with zero attached hydrogens (tertiary/aromatic N) is 1. The third-order valence-corrected chi connectivity index (χ3v) is 5.15. The molecular weight excluding hydrogens is 352 g/mol. The Balaban J connectivity index is 1.78. The summed E-state index contributed by atoms with van der Waals surface area (Å²) in [6, 6.07) is 15.9. The zero-order valence-corrected chi connectivity index (χ0v) is 16.1. The van der Waals surface area contributed by atoms with Gasteiger partial charge >= 0.3 is 6.09 Å². The highest BCUT2D eigenvalue weighted by Crippen LogP contribution is 2.37. The van der Waals surface area contributed by atoms with Crippen molar-refractivity contribution in [3.8, 4) is 5.75 Å². The van der Waals surface area contributed by atoms with E-state index < -0.39 is 0 Å². The average Bonchev–Trinajstić information content (AvgIpc) is 3.10. The Morgan fingerprint density at radius 1 is 1.25 bits per heavy atom. The smallest absolute Gasteiger partial charge is 0.410 e. The molecule has 0 saturated carbocycles. The van der Waals surface area contributed by atoms with Crippen LogP contribution < -0.4 is 4.74 Å². The second-order valence-corrected chi connectivity index (χ2v) is 6.79. The molecule has 1 atom stereocenters. The molecule has 0 saturated heterocycles. The van der Waals surface area contributed by atoms with Crippen LogP contribution in [0.3, 0.4) is 0 Å². The molecule has 0 bridgehead atoms. The zero-order chi connectivity index (χ0) is 19.5. The van der Waals surface area contributed by atoms with Crippen LogP contribution in [0.4, 0.5) is 4.79 Å². The topological polar surface area (TPSA) is 54.6 Å². The lowest BCUT2D eigenvalue weighted by molar-refractivity contribution is 0.0946.